The van der Waals surface area contributed by atoms with Gasteiger partial charge in [-0.2, -0.15) is 0 Å². The summed E-state index contributed by atoms with van der Waals surface area (Å²) in [5.74, 6) is -1.39. The first-order valence-corrected chi connectivity index (χ1v) is 7.74. The Hall–Kier alpha value is -3.21. The van der Waals surface area contributed by atoms with E-state index < -0.39 is 5.97 Å². The van der Waals surface area contributed by atoms with Crippen molar-refractivity contribution in [3.05, 3.63) is 77.1 Å². The highest BCUT2D eigenvalue weighted by Gasteiger charge is 2.07. The third-order valence-electron chi connectivity index (χ3n) is 3.38. The van der Waals surface area contributed by atoms with E-state index in [1.807, 2.05) is 37.3 Å². The number of carbonyl (C=O) groups is 2. The normalized spacial score (nSPS) is 11.5. The van der Waals surface area contributed by atoms with Crippen LogP contribution in [0.25, 0.3) is 11.6 Å². The molecular weight excluding hydrogens is 318 g/mol. The summed E-state index contributed by atoms with van der Waals surface area (Å²) in [5, 5.41) is 8.75. The molecule has 1 heterocycles. The first-order valence-electron chi connectivity index (χ1n) is 7.74. The van der Waals surface area contributed by atoms with E-state index in [1.54, 1.807) is 18.2 Å². The maximum absolute atomic E-state index is 11.0. The molecule has 0 bridgehead atoms. The van der Waals surface area contributed by atoms with Crippen LogP contribution in [0.3, 0.4) is 0 Å². The van der Waals surface area contributed by atoms with Crippen LogP contribution >= 0.6 is 0 Å². The summed E-state index contributed by atoms with van der Waals surface area (Å²) >= 11 is 0. The average molecular weight is 337 g/mol. The number of carboxylic acid groups (broad SMARTS) is 1. The molecule has 0 spiro atoms. The molecule has 0 fully saturated rings. The van der Waals surface area contributed by atoms with Crippen molar-refractivity contribution >= 4 is 23.6 Å². The summed E-state index contributed by atoms with van der Waals surface area (Å²) in [6, 6.07) is 13.3. The molecule has 0 amide bonds. The minimum atomic E-state index is -1.03. The number of carbonyl (C=O) groups excluding carboxylic acids is 1. The fraction of sp³-hybridized carbons (Fsp3) is 0.150. The number of esters is 1. The SMILES string of the molecule is CC(=O)OC/C=C(\c1ccc(C)cc1)c1cccc(/C=C/C(=O)O)n1. The number of ether oxygens (including phenoxy) is 1. The third kappa shape index (κ3) is 5.73. The smallest absolute Gasteiger partial charge is 0.328 e. The standard InChI is InChI=1S/C20H19NO4/c1-14-6-8-16(9-7-14)18(12-13-25-15(2)22)19-5-3-4-17(21-19)10-11-20(23)24/h3-12H,13H2,1-2H3,(H,23,24)/b11-10+,18-12+. The molecule has 2 aromatic rings. The molecular formula is C20H19NO4. The Kier molecular flexibility index (Phi) is 6.23. The van der Waals surface area contributed by atoms with E-state index >= 15 is 0 Å². The van der Waals surface area contributed by atoms with Crippen LogP contribution in [-0.2, 0) is 14.3 Å². The number of benzene rings is 1. The van der Waals surface area contributed by atoms with E-state index in [4.69, 9.17) is 9.84 Å². The zero-order chi connectivity index (χ0) is 18.2. The maximum atomic E-state index is 11.0. The Morgan fingerprint density at radius 2 is 1.88 bits per heavy atom. The zero-order valence-corrected chi connectivity index (χ0v) is 14.1. The average Bonchev–Trinajstić information content (AvgIpc) is 2.58. The van der Waals surface area contributed by atoms with E-state index in [9.17, 15) is 9.59 Å². The summed E-state index contributed by atoms with van der Waals surface area (Å²) in [5.41, 5.74) is 4.08. The summed E-state index contributed by atoms with van der Waals surface area (Å²) in [7, 11) is 0. The highest BCUT2D eigenvalue weighted by Crippen LogP contribution is 2.23. The van der Waals surface area contributed by atoms with Gasteiger partial charge in [0.2, 0.25) is 0 Å². The summed E-state index contributed by atoms with van der Waals surface area (Å²) in [4.78, 5) is 26.2. The number of hydrogen-bond donors (Lipinski definition) is 1. The van der Waals surface area contributed by atoms with Crippen LogP contribution in [0.5, 0.6) is 0 Å². The molecule has 5 nitrogen and oxygen atoms in total. The van der Waals surface area contributed by atoms with Crippen LogP contribution in [-0.4, -0.2) is 28.6 Å². The molecule has 1 aromatic heterocycles. The van der Waals surface area contributed by atoms with Gasteiger partial charge in [-0.05, 0) is 36.8 Å². The molecule has 1 aromatic carbocycles. The lowest BCUT2D eigenvalue weighted by atomic mass is 10.0. The number of hydrogen-bond acceptors (Lipinski definition) is 4. The Bertz CT molecular complexity index is 820. The molecule has 0 atom stereocenters. The predicted molar refractivity (Wildman–Crippen MR) is 95.8 cm³/mol. The maximum Gasteiger partial charge on any atom is 0.328 e. The molecule has 0 saturated carbocycles. The number of rotatable bonds is 6. The van der Waals surface area contributed by atoms with Crippen molar-refractivity contribution in [2.24, 2.45) is 0 Å². The van der Waals surface area contributed by atoms with Crippen LogP contribution in [0.1, 0.15) is 29.4 Å². The molecule has 0 aliphatic heterocycles. The largest absolute Gasteiger partial charge is 0.478 e. The highest BCUT2D eigenvalue weighted by molar-refractivity contribution is 5.85. The molecule has 0 saturated heterocycles. The second kappa shape index (κ2) is 8.59. The van der Waals surface area contributed by atoms with Gasteiger partial charge >= 0.3 is 11.9 Å². The topological polar surface area (TPSA) is 76.5 Å². The molecule has 128 valence electrons. The molecule has 2 rings (SSSR count). The van der Waals surface area contributed by atoms with E-state index in [1.165, 1.54) is 13.0 Å². The number of nitrogens with zero attached hydrogens (tertiary/aromatic N) is 1. The summed E-state index contributed by atoms with van der Waals surface area (Å²) in [6.45, 7) is 3.49. The number of pyridine rings is 1. The van der Waals surface area contributed by atoms with Crippen LogP contribution in [0.2, 0.25) is 0 Å². The molecule has 0 aliphatic carbocycles. The van der Waals surface area contributed by atoms with Gasteiger partial charge in [-0.25, -0.2) is 9.78 Å². The fourth-order valence-electron chi connectivity index (χ4n) is 2.20. The third-order valence-corrected chi connectivity index (χ3v) is 3.38. The minimum Gasteiger partial charge on any atom is -0.478 e. The van der Waals surface area contributed by atoms with Crippen LogP contribution in [0, 0.1) is 6.92 Å². The lowest BCUT2D eigenvalue weighted by Crippen LogP contribution is -2.01. The molecule has 0 aliphatic rings. The second-order valence-electron chi connectivity index (χ2n) is 5.41. The van der Waals surface area contributed by atoms with Gasteiger partial charge in [-0.1, -0.05) is 35.9 Å². The van der Waals surface area contributed by atoms with Crippen molar-refractivity contribution in [1.29, 1.82) is 0 Å². The Morgan fingerprint density at radius 3 is 2.52 bits per heavy atom. The first kappa shape index (κ1) is 18.1. The molecule has 25 heavy (non-hydrogen) atoms. The predicted octanol–water partition coefficient (Wildman–Crippen LogP) is 3.48. The van der Waals surface area contributed by atoms with Crippen molar-refractivity contribution in [3.8, 4) is 0 Å². The molecule has 5 heteroatoms. The van der Waals surface area contributed by atoms with Gasteiger partial charge in [0.1, 0.15) is 6.61 Å². The van der Waals surface area contributed by atoms with Gasteiger partial charge in [0.15, 0.2) is 0 Å². The van der Waals surface area contributed by atoms with Crippen LogP contribution in [0.4, 0.5) is 0 Å². The lowest BCUT2D eigenvalue weighted by molar-refractivity contribution is -0.139. The second-order valence-corrected chi connectivity index (χ2v) is 5.41. The van der Waals surface area contributed by atoms with E-state index in [0.29, 0.717) is 11.4 Å². The number of aryl methyl sites for hydroxylation is 1. The number of aromatic nitrogens is 1. The Morgan fingerprint density at radius 1 is 1.16 bits per heavy atom. The summed E-state index contributed by atoms with van der Waals surface area (Å²) in [6.07, 6.45) is 4.27. The highest BCUT2D eigenvalue weighted by atomic mass is 16.5. The van der Waals surface area contributed by atoms with Crippen LogP contribution in [0.15, 0.2) is 54.6 Å². The van der Waals surface area contributed by atoms with E-state index in [0.717, 1.165) is 22.8 Å². The number of aliphatic carboxylic acids is 1. The van der Waals surface area contributed by atoms with Gasteiger partial charge in [0, 0.05) is 18.6 Å². The van der Waals surface area contributed by atoms with Gasteiger partial charge in [0.05, 0.1) is 11.4 Å². The Labute approximate surface area is 146 Å². The van der Waals surface area contributed by atoms with Gasteiger partial charge in [-0.15, -0.1) is 0 Å². The molecule has 0 unspecified atom stereocenters. The first-order chi connectivity index (χ1) is 12.0. The van der Waals surface area contributed by atoms with Gasteiger partial charge < -0.3 is 9.84 Å². The quantitative estimate of drug-likeness (QED) is 0.645. The Balaban J connectivity index is 2.41. The minimum absolute atomic E-state index is 0.134. The van der Waals surface area contributed by atoms with Crippen molar-refractivity contribution < 1.29 is 19.4 Å². The van der Waals surface area contributed by atoms with Crippen molar-refractivity contribution in [2.75, 3.05) is 6.61 Å². The van der Waals surface area contributed by atoms with Gasteiger partial charge in [-0.3, -0.25) is 4.79 Å². The monoisotopic (exact) mass is 337 g/mol. The van der Waals surface area contributed by atoms with Crippen LogP contribution < -0.4 is 0 Å². The van der Waals surface area contributed by atoms with E-state index in [2.05, 4.69) is 4.98 Å². The zero-order valence-electron chi connectivity index (χ0n) is 14.1. The summed E-state index contributed by atoms with van der Waals surface area (Å²) < 4.78 is 5.01. The van der Waals surface area contributed by atoms with E-state index in [-0.39, 0.29) is 12.6 Å². The van der Waals surface area contributed by atoms with Crippen molar-refractivity contribution in [1.82, 2.24) is 4.98 Å². The van der Waals surface area contributed by atoms with Gasteiger partial charge in [0.25, 0.3) is 0 Å². The molecule has 0 radical (unpaired) electrons. The lowest BCUT2D eigenvalue weighted by Gasteiger charge is -2.09. The molecule has 1 N–H and O–H groups in total. The van der Waals surface area contributed by atoms with Crippen molar-refractivity contribution in [2.45, 2.75) is 13.8 Å². The van der Waals surface area contributed by atoms with Crippen molar-refractivity contribution in [3.63, 3.8) is 0 Å². The fourth-order valence-corrected chi connectivity index (χ4v) is 2.20. The number of carboxylic acids is 1.